The average Bonchev–Trinajstić information content (AvgIpc) is 2.30. The normalized spacial score (nSPS) is 10.8. The highest BCUT2D eigenvalue weighted by Gasteiger charge is 2.04. The zero-order valence-electron chi connectivity index (χ0n) is 5.81. The van der Waals surface area contributed by atoms with Crippen LogP contribution >= 0.6 is 23.2 Å². The number of aromatic amines is 1. The zero-order valence-corrected chi connectivity index (χ0v) is 7.32. The van der Waals surface area contributed by atoms with Crippen molar-refractivity contribution in [2.24, 2.45) is 0 Å². The number of aromatic hydroxyl groups is 1. The van der Waals surface area contributed by atoms with Crippen molar-refractivity contribution in [3.05, 3.63) is 22.2 Å². The molecule has 1 aromatic heterocycles. The number of aromatic nitrogens is 2. The lowest BCUT2D eigenvalue weighted by atomic mass is 10.3. The van der Waals surface area contributed by atoms with E-state index in [4.69, 9.17) is 28.3 Å². The Morgan fingerprint density at radius 1 is 1.25 bits per heavy atom. The zero-order chi connectivity index (χ0) is 8.72. The summed E-state index contributed by atoms with van der Waals surface area (Å²) in [5.41, 5.74) is 1.27. The summed E-state index contributed by atoms with van der Waals surface area (Å²) in [5, 5.41) is 9.85. The predicted octanol–water partition coefficient (Wildman–Crippen LogP) is 2.58. The van der Waals surface area contributed by atoms with Gasteiger partial charge in [-0.15, -0.1) is 0 Å². The molecule has 0 saturated carbocycles. The fourth-order valence-corrected chi connectivity index (χ4v) is 1.31. The minimum atomic E-state index is -0.136. The third kappa shape index (κ3) is 1.11. The quantitative estimate of drug-likeness (QED) is 0.691. The number of fused-ring (bicyclic) bond motifs is 1. The van der Waals surface area contributed by atoms with Crippen LogP contribution in [0.15, 0.2) is 12.1 Å². The third-order valence-electron chi connectivity index (χ3n) is 1.51. The fourth-order valence-electron chi connectivity index (χ4n) is 0.991. The third-order valence-corrected chi connectivity index (χ3v) is 2.23. The second-order valence-corrected chi connectivity index (χ2v) is 3.16. The van der Waals surface area contributed by atoms with Gasteiger partial charge < -0.3 is 10.1 Å². The van der Waals surface area contributed by atoms with E-state index in [1.807, 2.05) is 0 Å². The number of imidazole rings is 1. The van der Waals surface area contributed by atoms with Crippen molar-refractivity contribution < 1.29 is 5.11 Å². The van der Waals surface area contributed by atoms with Crippen LogP contribution in [0.2, 0.25) is 10.0 Å². The van der Waals surface area contributed by atoms with Gasteiger partial charge in [-0.25, -0.2) is 0 Å². The highest BCUT2D eigenvalue weighted by molar-refractivity contribution is 6.42. The molecule has 12 heavy (non-hydrogen) atoms. The smallest absolute Gasteiger partial charge is 0.292 e. The van der Waals surface area contributed by atoms with Crippen molar-refractivity contribution in [1.29, 1.82) is 0 Å². The van der Waals surface area contributed by atoms with Crippen LogP contribution in [0.5, 0.6) is 6.01 Å². The molecule has 0 aliphatic heterocycles. The molecule has 0 amide bonds. The lowest BCUT2D eigenvalue weighted by Crippen LogP contribution is -1.71. The summed E-state index contributed by atoms with van der Waals surface area (Å²) >= 11 is 11.5. The molecule has 0 fully saturated rings. The van der Waals surface area contributed by atoms with Gasteiger partial charge in [0, 0.05) is 0 Å². The number of nitrogens with one attached hydrogen (secondary N) is 1. The Bertz CT molecular complexity index is 399. The molecule has 0 spiro atoms. The van der Waals surface area contributed by atoms with E-state index in [0.29, 0.717) is 21.1 Å². The van der Waals surface area contributed by atoms with Crippen LogP contribution < -0.4 is 0 Å². The van der Waals surface area contributed by atoms with E-state index < -0.39 is 0 Å². The molecule has 2 rings (SSSR count). The molecule has 5 heteroatoms. The molecule has 1 aromatic carbocycles. The summed E-state index contributed by atoms with van der Waals surface area (Å²) < 4.78 is 0. The number of nitrogens with zero attached hydrogens (tertiary/aromatic N) is 1. The molecule has 2 aromatic rings. The molecule has 1 heterocycles. The molecule has 0 unspecified atom stereocenters. The Labute approximate surface area is 77.9 Å². The summed E-state index contributed by atoms with van der Waals surface area (Å²) in [6, 6.07) is 3.07. The first-order chi connectivity index (χ1) is 5.66. The first kappa shape index (κ1) is 7.71. The maximum atomic E-state index is 8.99. The van der Waals surface area contributed by atoms with Gasteiger partial charge in [-0.1, -0.05) is 23.2 Å². The molecule has 62 valence electrons. The number of benzene rings is 1. The average molecular weight is 203 g/mol. The topological polar surface area (TPSA) is 48.9 Å². The number of hydrogen-bond donors (Lipinski definition) is 2. The summed E-state index contributed by atoms with van der Waals surface area (Å²) in [4.78, 5) is 6.40. The van der Waals surface area contributed by atoms with Crippen molar-refractivity contribution in [3.8, 4) is 6.01 Å². The summed E-state index contributed by atoms with van der Waals surface area (Å²) in [6.45, 7) is 0. The molecule has 0 atom stereocenters. The summed E-state index contributed by atoms with van der Waals surface area (Å²) in [6.07, 6.45) is 0. The predicted molar refractivity (Wildman–Crippen MR) is 47.8 cm³/mol. The Hall–Kier alpha value is -0.930. The Kier molecular flexibility index (Phi) is 1.63. The van der Waals surface area contributed by atoms with Gasteiger partial charge in [-0.2, -0.15) is 4.98 Å². The van der Waals surface area contributed by atoms with E-state index in [9.17, 15) is 0 Å². The number of halogens is 2. The Morgan fingerprint density at radius 2 is 1.92 bits per heavy atom. The lowest BCUT2D eigenvalue weighted by molar-refractivity contribution is 0.438. The fraction of sp³-hybridized carbons (Fsp3) is 0. The second-order valence-electron chi connectivity index (χ2n) is 2.34. The Morgan fingerprint density at radius 3 is 2.67 bits per heavy atom. The first-order valence-corrected chi connectivity index (χ1v) is 3.96. The molecule has 0 saturated heterocycles. The molecule has 2 N–H and O–H groups in total. The summed E-state index contributed by atoms with van der Waals surface area (Å²) in [7, 11) is 0. The first-order valence-electron chi connectivity index (χ1n) is 3.20. The highest BCUT2D eigenvalue weighted by atomic mass is 35.5. The van der Waals surface area contributed by atoms with E-state index in [-0.39, 0.29) is 6.01 Å². The minimum Gasteiger partial charge on any atom is -0.480 e. The molecule has 0 aliphatic rings. The van der Waals surface area contributed by atoms with Crippen LogP contribution in [0, 0.1) is 0 Å². The van der Waals surface area contributed by atoms with Gasteiger partial charge in [-0.3, -0.25) is 0 Å². The molecular formula is C7H4Cl2N2O. The van der Waals surface area contributed by atoms with Crippen molar-refractivity contribution in [2.75, 3.05) is 0 Å². The van der Waals surface area contributed by atoms with Gasteiger partial charge in [0.15, 0.2) is 0 Å². The molecule has 3 nitrogen and oxygen atoms in total. The SMILES string of the molecule is Oc1nc2cc(Cl)c(Cl)cc2[nH]1. The summed E-state index contributed by atoms with van der Waals surface area (Å²) in [5.74, 6) is 0. The molecule has 0 aliphatic carbocycles. The van der Waals surface area contributed by atoms with Gasteiger partial charge >= 0.3 is 0 Å². The van der Waals surface area contributed by atoms with Crippen molar-refractivity contribution >= 4 is 34.2 Å². The van der Waals surface area contributed by atoms with Gasteiger partial charge in [0.05, 0.1) is 21.1 Å². The Balaban J connectivity index is 2.83. The van der Waals surface area contributed by atoms with Crippen LogP contribution in [0.25, 0.3) is 11.0 Å². The van der Waals surface area contributed by atoms with Crippen molar-refractivity contribution in [2.45, 2.75) is 0 Å². The number of hydrogen-bond acceptors (Lipinski definition) is 2. The monoisotopic (exact) mass is 202 g/mol. The maximum absolute atomic E-state index is 8.99. The molecule has 0 bridgehead atoms. The van der Waals surface area contributed by atoms with Crippen LogP contribution in [-0.4, -0.2) is 15.1 Å². The lowest BCUT2D eigenvalue weighted by Gasteiger charge is -1.92. The van der Waals surface area contributed by atoms with Crippen LogP contribution in [0.4, 0.5) is 0 Å². The van der Waals surface area contributed by atoms with E-state index in [2.05, 4.69) is 9.97 Å². The van der Waals surface area contributed by atoms with Gasteiger partial charge in [-0.05, 0) is 12.1 Å². The maximum Gasteiger partial charge on any atom is 0.292 e. The minimum absolute atomic E-state index is 0.136. The van der Waals surface area contributed by atoms with Gasteiger partial charge in [0.25, 0.3) is 6.01 Å². The largest absolute Gasteiger partial charge is 0.480 e. The van der Waals surface area contributed by atoms with E-state index in [1.54, 1.807) is 12.1 Å². The van der Waals surface area contributed by atoms with Crippen LogP contribution in [0.3, 0.4) is 0 Å². The van der Waals surface area contributed by atoms with Crippen LogP contribution in [0.1, 0.15) is 0 Å². The standard InChI is InChI=1S/C7H4Cl2N2O/c8-3-1-5-6(2-4(3)9)11-7(12)10-5/h1-2H,(H2,10,11,12). The highest BCUT2D eigenvalue weighted by Crippen LogP contribution is 2.27. The van der Waals surface area contributed by atoms with Gasteiger partial charge in [0.2, 0.25) is 0 Å². The van der Waals surface area contributed by atoms with Crippen LogP contribution in [-0.2, 0) is 0 Å². The number of H-pyrrole nitrogens is 1. The molecular weight excluding hydrogens is 199 g/mol. The number of rotatable bonds is 0. The molecule has 0 radical (unpaired) electrons. The second kappa shape index (κ2) is 2.54. The van der Waals surface area contributed by atoms with Gasteiger partial charge in [0.1, 0.15) is 0 Å². The van der Waals surface area contributed by atoms with Crippen molar-refractivity contribution in [3.63, 3.8) is 0 Å². The van der Waals surface area contributed by atoms with E-state index >= 15 is 0 Å². The van der Waals surface area contributed by atoms with Crippen molar-refractivity contribution in [1.82, 2.24) is 9.97 Å². The van der Waals surface area contributed by atoms with E-state index in [1.165, 1.54) is 0 Å². The van der Waals surface area contributed by atoms with E-state index in [0.717, 1.165) is 0 Å².